The van der Waals surface area contributed by atoms with E-state index in [1.54, 1.807) is 0 Å². The Labute approximate surface area is 128 Å². The van der Waals surface area contributed by atoms with Crippen molar-refractivity contribution < 1.29 is 4.79 Å². The molecule has 2 nitrogen and oxygen atoms in total. The number of nitrogens with one attached hydrogen (secondary N) is 1. The predicted octanol–water partition coefficient (Wildman–Crippen LogP) is 4.36. The lowest BCUT2D eigenvalue weighted by molar-refractivity contribution is -0.117. The zero-order chi connectivity index (χ0) is 13.4. The van der Waals surface area contributed by atoms with Gasteiger partial charge in [-0.25, -0.2) is 0 Å². The number of benzene rings is 1. The van der Waals surface area contributed by atoms with Crippen molar-refractivity contribution in [2.45, 2.75) is 39.0 Å². The molecular formula is C16H20INO. The minimum absolute atomic E-state index is 0.196. The van der Waals surface area contributed by atoms with E-state index in [0.29, 0.717) is 12.3 Å². The van der Waals surface area contributed by atoms with Gasteiger partial charge in [-0.2, -0.15) is 0 Å². The minimum Gasteiger partial charge on any atom is -0.326 e. The number of amides is 1. The predicted molar refractivity (Wildman–Crippen MR) is 86.1 cm³/mol. The number of aryl methyl sites for hydroxylation is 1. The van der Waals surface area contributed by atoms with E-state index >= 15 is 0 Å². The Morgan fingerprint density at radius 3 is 2.84 bits per heavy atom. The highest BCUT2D eigenvalue weighted by atomic mass is 127. The average Bonchev–Trinajstić information content (AvgIpc) is 2.95. The summed E-state index contributed by atoms with van der Waals surface area (Å²) in [7, 11) is 0. The number of fused-ring (bicyclic) bond motifs is 2. The molecule has 2 bridgehead atoms. The van der Waals surface area contributed by atoms with E-state index in [2.05, 4.69) is 40.9 Å². The van der Waals surface area contributed by atoms with Crippen molar-refractivity contribution in [2.24, 2.45) is 17.8 Å². The summed E-state index contributed by atoms with van der Waals surface area (Å²) in [6, 6.07) is 6.16. The molecule has 1 aromatic rings. The maximum atomic E-state index is 12.2. The van der Waals surface area contributed by atoms with Crippen LogP contribution in [-0.4, -0.2) is 5.91 Å². The van der Waals surface area contributed by atoms with Crippen molar-refractivity contribution in [3.8, 4) is 0 Å². The lowest BCUT2D eigenvalue weighted by Gasteiger charge is -2.21. The van der Waals surface area contributed by atoms with Crippen molar-refractivity contribution in [3.05, 3.63) is 27.3 Å². The Balaban J connectivity index is 1.59. The highest BCUT2D eigenvalue weighted by Crippen LogP contribution is 2.49. The topological polar surface area (TPSA) is 29.1 Å². The molecule has 0 heterocycles. The third-order valence-corrected chi connectivity index (χ3v) is 5.47. The summed E-state index contributed by atoms with van der Waals surface area (Å²) in [4.78, 5) is 12.2. The zero-order valence-corrected chi connectivity index (χ0v) is 13.4. The number of rotatable bonds is 3. The zero-order valence-electron chi connectivity index (χ0n) is 11.3. The van der Waals surface area contributed by atoms with Gasteiger partial charge in [-0.15, -0.1) is 0 Å². The molecule has 0 spiro atoms. The molecule has 3 rings (SSSR count). The monoisotopic (exact) mass is 369 g/mol. The highest BCUT2D eigenvalue weighted by molar-refractivity contribution is 14.1. The second-order valence-corrected chi connectivity index (χ2v) is 7.39. The van der Waals surface area contributed by atoms with Crippen LogP contribution in [0.4, 0.5) is 5.69 Å². The number of carbonyl (C=O) groups excluding carboxylic acids is 1. The lowest BCUT2D eigenvalue weighted by Crippen LogP contribution is -2.20. The first-order valence-electron chi connectivity index (χ1n) is 7.18. The fourth-order valence-electron chi connectivity index (χ4n) is 3.83. The van der Waals surface area contributed by atoms with E-state index in [1.807, 2.05) is 12.1 Å². The van der Waals surface area contributed by atoms with Gasteiger partial charge >= 0.3 is 0 Å². The molecule has 2 fully saturated rings. The van der Waals surface area contributed by atoms with Crippen molar-refractivity contribution in [1.82, 2.24) is 0 Å². The van der Waals surface area contributed by atoms with Gasteiger partial charge in [0.15, 0.2) is 0 Å². The molecule has 2 aliphatic carbocycles. The Bertz CT molecular complexity index is 500. The van der Waals surface area contributed by atoms with Gasteiger partial charge in [-0.1, -0.05) is 6.42 Å². The van der Waals surface area contributed by atoms with Crippen LogP contribution < -0.4 is 5.32 Å². The average molecular weight is 369 g/mol. The molecule has 0 aromatic heterocycles. The molecule has 2 aliphatic rings. The molecule has 102 valence electrons. The number of hydrogen-bond donors (Lipinski definition) is 1. The normalized spacial score (nSPS) is 28.6. The van der Waals surface area contributed by atoms with Gasteiger partial charge in [0, 0.05) is 15.7 Å². The van der Waals surface area contributed by atoms with Gasteiger partial charge in [-0.3, -0.25) is 4.79 Å². The van der Waals surface area contributed by atoms with Crippen LogP contribution in [0.3, 0.4) is 0 Å². The smallest absolute Gasteiger partial charge is 0.224 e. The largest absolute Gasteiger partial charge is 0.326 e. The van der Waals surface area contributed by atoms with Crippen LogP contribution in [0.15, 0.2) is 18.2 Å². The molecule has 3 unspecified atom stereocenters. The van der Waals surface area contributed by atoms with Gasteiger partial charge in [0.2, 0.25) is 5.91 Å². The molecule has 0 saturated heterocycles. The summed E-state index contributed by atoms with van der Waals surface area (Å²) in [5.74, 6) is 2.58. The van der Waals surface area contributed by atoms with Crippen LogP contribution >= 0.6 is 22.6 Å². The van der Waals surface area contributed by atoms with Crippen LogP contribution in [0, 0.1) is 28.2 Å². The van der Waals surface area contributed by atoms with Crippen molar-refractivity contribution in [2.75, 3.05) is 5.32 Å². The molecule has 0 radical (unpaired) electrons. The third kappa shape index (κ3) is 2.96. The van der Waals surface area contributed by atoms with E-state index in [4.69, 9.17) is 0 Å². The summed E-state index contributed by atoms with van der Waals surface area (Å²) < 4.78 is 1.21. The summed E-state index contributed by atoms with van der Waals surface area (Å²) in [5.41, 5.74) is 2.11. The van der Waals surface area contributed by atoms with E-state index in [0.717, 1.165) is 23.1 Å². The molecule has 1 N–H and O–H groups in total. The van der Waals surface area contributed by atoms with Gasteiger partial charge in [0.25, 0.3) is 0 Å². The first-order chi connectivity index (χ1) is 9.11. The maximum absolute atomic E-state index is 12.2. The standard InChI is InChI=1S/C16H20INO/c1-10-6-14(17)4-5-15(10)18-16(19)9-13-8-11-2-3-12(13)7-11/h4-6,11-13H,2-3,7-9H2,1H3,(H,18,19). The molecule has 3 atom stereocenters. The Hall–Kier alpha value is -0.580. The molecule has 0 aliphatic heterocycles. The van der Waals surface area contributed by atoms with E-state index in [1.165, 1.54) is 29.3 Å². The summed E-state index contributed by atoms with van der Waals surface area (Å²) >= 11 is 2.30. The lowest BCUT2D eigenvalue weighted by atomic mass is 9.86. The molecule has 2 saturated carbocycles. The number of halogens is 1. The van der Waals surface area contributed by atoms with Crippen LogP contribution in [0.5, 0.6) is 0 Å². The van der Waals surface area contributed by atoms with E-state index in [9.17, 15) is 4.79 Å². The molecule has 3 heteroatoms. The second-order valence-electron chi connectivity index (χ2n) is 6.15. The Morgan fingerprint density at radius 1 is 1.37 bits per heavy atom. The summed E-state index contributed by atoms with van der Waals surface area (Å²) in [5, 5.41) is 3.08. The van der Waals surface area contributed by atoms with Crippen molar-refractivity contribution >= 4 is 34.2 Å². The van der Waals surface area contributed by atoms with Crippen molar-refractivity contribution in [3.63, 3.8) is 0 Å². The van der Waals surface area contributed by atoms with Crippen LogP contribution in [0.1, 0.15) is 37.7 Å². The quantitative estimate of drug-likeness (QED) is 0.788. The van der Waals surface area contributed by atoms with Crippen LogP contribution in [-0.2, 0) is 4.79 Å². The van der Waals surface area contributed by atoms with Gasteiger partial charge in [0.05, 0.1) is 0 Å². The fraction of sp³-hybridized carbons (Fsp3) is 0.562. The molecule has 1 aromatic carbocycles. The van der Waals surface area contributed by atoms with Gasteiger partial charge < -0.3 is 5.32 Å². The molecule has 19 heavy (non-hydrogen) atoms. The van der Waals surface area contributed by atoms with E-state index < -0.39 is 0 Å². The highest BCUT2D eigenvalue weighted by Gasteiger charge is 2.40. The number of carbonyl (C=O) groups is 1. The van der Waals surface area contributed by atoms with Gasteiger partial charge in [0.1, 0.15) is 0 Å². The van der Waals surface area contributed by atoms with Crippen LogP contribution in [0.2, 0.25) is 0 Å². The SMILES string of the molecule is Cc1cc(I)ccc1NC(=O)CC1CC2CCC1C2. The van der Waals surface area contributed by atoms with Crippen molar-refractivity contribution in [1.29, 1.82) is 0 Å². The summed E-state index contributed by atoms with van der Waals surface area (Å²) in [6.07, 6.45) is 6.13. The third-order valence-electron chi connectivity index (χ3n) is 4.79. The number of anilines is 1. The molecule has 1 amide bonds. The Kier molecular flexibility index (Phi) is 3.83. The number of hydrogen-bond acceptors (Lipinski definition) is 1. The first-order valence-corrected chi connectivity index (χ1v) is 8.25. The minimum atomic E-state index is 0.196. The second kappa shape index (κ2) is 5.43. The molecular weight excluding hydrogens is 349 g/mol. The fourth-order valence-corrected chi connectivity index (χ4v) is 4.48. The summed E-state index contributed by atoms with van der Waals surface area (Å²) in [6.45, 7) is 2.05. The maximum Gasteiger partial charge on any atom is 0.224 e. The van der Waals surface area contributed by atoms with Gasteiger partial charge in [-0.05, 0) is 90.3 Å². The first kappa shape index (κ1) is 13.4. The Morgan fingerprint density at radius 2 is 2.21 bits per heavy atom. The van der Waals surface area contributed by atoms with Crippen LogP contribution in [0.25, 0.3) is 0 Å². The van der Waals surface area contributed by atoms with E-state index in [-0.39, 0.29) is 5.91 Å².